The third-order valence-electron chi connectivity index (χ3n) is 5.31. The molecule has 0 saturated carbocycles. The molecular formula is C21H23N5O4. The summed E-state index contributed by atoms with van der Waals surface area (Å²) < 4.78 is 6.58. The van der Waals surface area contributed by atoms with Crippen LogP contribution in [0, 0.1) is 0 Å². The Morgan fingerprint density at radius 2 is 1.93 bits per heavy atom. The molecule has 1 aliphatic heterocycles. The van der Waals surface area contributed by atoms with E-state index in [0.29, 0.717) is 55.8 Å². The summed E-state index contributed by atoms with van der Waals surface area (Å²) >= 11 is 0. The van der Waals surface area contributed by atoms with Crippen molar-refractivity contribution in [2.24, 2.45) is 0 Å². The zero-order valence-electron chi connectivity index (χ0n) is 16.7. The molecule has 1 aromatic carbocycles. The van der Waals surface area contributed by atoms with Crippen LogP contribution in [0.3, 0.4) is 0 Å². The van der Waals surface area contributed by atoms with Crippen molar-refractivity contribution in [1.29, 1.82) is 0 Å². The van der Waals surface area contributed by atoms with E-state index in [1.54, 1.807) is 35.0 Å². The number of pyridine rings is 1. The molecule has 9 nitrogen and oxygen atoms in total. The second-order valence-electron chi connectivity index (χ2n) is 7.16. The molecule has 2 aromatic heterocycles. The summed E-state index contributed by atoms with van der Waals surface area (Å²) in [5.41, 5.74) is 1.78. The number of amides is 1. The van der Waals surface area contributed by atoms with Crippen molar-refractivity contribution >= 4 is 22.5 Å². The number of nitrogens with one attached hydrogen (secondary N) is 1. The number of aromatic amines is 1. The number of ether oxygens (including phenoxy) is 1. The molecule has 0 bridgehead atoms. The van der Waals surface area contributed by atoms with Crippen molar-refractivity contribution in [1.82, 2.24) is 19.4 Å². The number of hydrogen-bond acceptors (Lipinski definition) is 6. The molecule has 9 heteroatoms. The summed E-state index contributed by atoms with van der Waals surface area (Å²) in [6.07, 6.45) is 3.00. The Labute approximate surface area is 172 Å². The summed E-state index contributed by atoms with van der Waals surface area (Å²) in [5.74, 6) is -0.0947. The zero-order chi connectivity index (χ0) is 21.1. The van der Waals surface area contributed by atoms with Gasteiger partial charge in [-0.3, -0.25) is 19.0 Å². The highest BCUT2D eigenvalue weighted by molar-refractivity contribution is 5.94. The van der Waals surface area contributed by atoms with Gasteiger partial charge in [-0.25, -0.2) is 4.98 Å². The number of hydrogen-bond donors (Lipinski definition) is 1. The lowest BCUT2D eigenvalue weighted by molar-refractivity contribution is 0.0746. The lowest BCUT2D eigenvalue weighted by atomic mass is 10.1. The van der Waals surface area contributed by atoms with E-state index in [1.165, 1.54) is 12.3 Å². The maximum absolute atomic E-state index is 12.6. The molecule has 30 heavy (non-hydrogen) atoms. The Kier molecular flexibility index (Phi) is 5.62. The summed E-state index contributed by atoms with van der Waals surface area (Å²) in [5, 5.41) is 0.573. The third-order valence-corrected chi connectivity index (χ3v) is 5.31. The lowest BCUT2D eigenvalue weighted by Gasteiger charge is -2.36. The highest BCUT2D eigenvalue weighted by atomic mass is 16.5. The van der Waals surface area contributed by atoms with E-state index in [2.05, 4.69) is 14.9 Å². The highest BCUT2D eigenvalue weighted by Gasteiger charge is 2.22. The van der Waals surface area contributed by atoms with Crippen LogP contribution in [-0.2, 0) is 11.3 Å². The van der Waals surface area contributed by atoms with Gasteiger partial charge in [-0.15, -0.1) is 0 Å². The maximum atomic E-state index is 12.6. The van der Waals surface area contributed by atoms with Crippen LogP contribution in [0.5, 0.6) is 0 Å². The number of fused-ring (bicyclic) bond motifs is 1. The quantitative estimate of drug-likeness (QED) is 0.666. The molecule has 0 unspecified atom stereocenters. The van der Waals surface area contributed by atoms with Crippen LogP contribution in [0.4, 0.5) is 5.69 Å². The van der Waals surface area contributed by atoms with Gasteiger partial charge in [0.2, 0.25) is 5.56 Å². The summed E-state index contributed by atoms with van der Waals surface area (Å²) in [6, 6.07) is 8.54. The van der Waals surface area contributed by atoms with Gasteiger partial charge in [-0.2, -0.15) is 0 Å². The maximum Gasteiger partial charge on any atom is 0.261 e. The molecule has 1 N–H and O–H groups in total. The number of rotatable bonds is 5. The second-order valence-corrected chi connectivity index (χ2v) is 7.16. The van der Waals surface area contributed by atoms with E-state index >= 15 is 0 Å². The molecule has 1 saturated heterocycles. The van der Waals surface area contributed by atoms with E-state index < -0.39 is 0 Å². The van der Waals surface area contributed by atoms with Gasteiger partial charge >= 0.3 is 0 Å². The van der Waals surface area contributed by atoms with Crippen molar-refractivity contribution in [3.05, 3.63) is 69.1 Å². The average Bonchev–Trinajstić information content (AvgIpc) is 2.78. The molecule has 156 valence electrons. The average molecular weight is 409 g/mol. The highest BCUT2D eigenvalue weighted by Crippen LogP contribution is 2.21. The van der Waals surface area contributed by atoms with Crippen molar-refractivity contribution in [2.45, 2.75) is 6.54 Å². The number of carbonyl (C=O) groups is 1. The van der Waals surface area contributed by atoms with Crippen LogP contribution in [-0.4, -0.2) is 65.2 Å². The van der Waals surface area contributed by atoms with E-state index in [4.69, 9.17) is 4.74 Å². The number of piperazine rings is 1. The van der Waals surface area contributed by atoms with E-state index in [9.17, 15) is 14.4 Å². The summed E-state index contributed by atoms with van der Waals surface area (Å²) in [7, 11) is 1.60. The van der Waals surface area contributed by atoms with Crippen molar-refractivity contribution in [3.63, 3.8) is 0 Å². The van der Waals surface area contributed by atoms with Crippen molar-refractivity contribution < 1.29 is 9.53 Å². The van der Waals surface area contributed by atoms with Crippen LogP contribution in [0.1, 0.15) is 10.4 Å². The molecule has 3 heterocycles. The number of nitrogens with zero attached hydrogens (tertiary/aromatic N) is 4. The monoisotopic (exact) mass is 409 g/mol. The van der Waals surface area contributed by atoms with Gasteiger partial charge in [0.25, 0.3) is 11.5 Å². The molecule has 0 aliphatic carbocycles. The van der Waals surface area contributed by atoms with Gasteiger partial charge < -0.3 is 19.5 Å². The van der Waals surface area contributed by atoms with E-state index in [-0.39, 0.29) is 17.0 Å². The van der Waals surface area contributed by atoms with Crippen LogP contribution in [0.2, 0.25) is 0 Å². The molecule has 3 aromatic rings. The number of H-pyrrole nitrogens is 1. The van der Waals surface area contributed by atoms with Crippen LogP contribution < -0.4 is 16.0 Å². The second kappa shape index (κ2) is 8.50. The van der Waals surface area contributed by atoms with Gasteiger partial charge in [0.1, 0.15) is 0 Å². The first-order chi connectivity index (χ1) is 14.6. The predicted molar refractivity (Wildman–Crippen MR) is 113 cm³/mol. The van der Waals surface area contributed by atoms with Crippen LogP contribution >= 0.6 is 0 Å². The molecule has 1 aliphatic rings. The normalized spacial score (nSPS) is 14.3. The van der Waals surface area contributed by atoms with Gasteiger partial charge in [-0.1, -0.05) is 0 Å². The summed E-state index contributed by atoms with van der Waals surface area (Å²) in [6.45, 7) is 3.40. The number of methoxy groups -OCH3 is 1. The molecule has 0 radical (unpaired) electrons. The van der Waals surface area contributed by atoms with Gasteiger partial charge in [0.05, 0.1) is 35.9 Å². The molecule has 1 amide bonds. The third kappa shape index (κ3) is 3.97. The molecular weight excluding hydrogens is 386 g/mol. The van der Waals surface area contributed by atoms with E-state index in [1.807, 2.05) is 12.1 Å². The van der Waals surface area contributed by atoms with Crippen LogP contribution in [0.25, 0.3) is 10.9 Å². The van der Waals surface area contributed by atoms with Crippen molar-refractivity contribution in [3.8, 4) is 0 Å². The topological polar surface area (TPSA) is 101 Å². The van der Waals surface area contributed by atoms with Gasteiger partial charge in [0, 0.05) is 51.2 Å². The summed E-state index contributed by atoms with van der Waals surface area (Å²) in [4.78, 5) is 47.3. The van der Waals surface area contributed by atoms with Gasteiger partial charge in [-0.05, 0) is 24.3 Å². The lowest BCUT2D eigenvalue weighted by Crippen LogP contribution is -2.48. The Morgan fingerprint density at radius 3 is 2.63 bits per heavy atom. The zero-order valence-corrected chi connectivity index (χ0v) is 16.7. The van der Waals surface area contributed by atoms with E-state index in [0.717, 1.165) is 5.69 Å². The molecule has 0 spiro atoms. The Morgan fingerprint density at radius 1 is 1.13 bits per heavy atom. The fourth-order valence-electron chi connectivity index (χ4n) is 3.59. The minimum atomic E-state index is -0.230. The predicted octanol–water partition coefficient (Wildman–Crippen LogP) is 0.694. The first-order valence-electron chi connectivity index (χ1n) is 9.78. The minimum absolute atomic E-state index is 0.0834. The van der Waals surface area contributed by atoms with Crippen molar-refractivity contribution in [2.75, 3.05) is 44.8 Å². The standard InChI is InChI=1S/C21H23N5O4/c1-30-11-10-26-14-23-18-12-16(3-4-17(18)21(26)29)24-6-8-25(9-7-24)20(28)15-2-5-19(27)22-13-15/h2-5,12-14H,6-11H2,1H3,(H,22,27). The fraction of sp³-hybridized carbons (Fsp3) is 0.333. The Hall–Kier alpha value is -3.46. The molecule has 0 atom stereocenters. The molecule has 4 rings (SSSR count). The number of anilines is 1. The number of aromatic nitrogens is 3. The van der Waals surface area contributed by atoms with Gasteiger partial charge in [0.15, 0.2) is 0 Å². The SMILES string of the molecule is COCCn1cnc2cc(N3CCN(C(=O)c4ccc(=O)[nH]c4)CC3)ccc2c1=O. The smallest absolute Gasteiger partial charge is 0.261 e. The minimum Gasteiger partial charge on any atom is -0.383 e. The van der Waals surface area contributed by atoms with Crippen LogP contribution in [0.15, 0.2) is 52.4 Å². The number of carbonyl (C=O) groups excluding carboxylic acids is 1. The largest absolute Gasteiger partial charge is 0.383 e. The number of benzene rings is 1. The fourth-order valence-corrected chi connectivity index (χ4v) is 3.59. The Bertz CT molecular complexity index is 1160. The first kappa shape index (κ1) is 19.8. The Balaban J connectivity index is 1.46. The first-order valence-corrected chi connectivity index (χ1v) is 9.78. The molecule has 1 fully saturated rings.